The molecule has 2 amide bonds. The van der Waals surface area contributed by atoms with Crippen LogP contribution in [0.3, 0.4) is 0 Å². The van der Waals surface area contributed by atoms with Gasteiger partial charge in [0.15, 0.2) is 5.12 Å². The number of phenolic OH excluding ortho intramolecular Hbond substituents is 1. The van der Waals surface area contributed by atoms with Crippen LogP contribution in [0.5, 0.6) is 5.75 Å². The maximum absolute atomic E-state index is 13.4. The number of nitrogens with one attached hydrogen (secondary N) is 1. The van der Waals surface area contributed by atoms with Crippen LogP contribution in [0.2, 0.25) is 0 Å². The van der Waals surface area contributed by atoms with Crippen LogP contribution >= 0.6 is 11.8 Å². The first-order valence-corrected chi connectivity index (χ1v) is 13.4. The number of rotatable bonds is 10. The molecular formula is C28H32N2O8S. The monoisotopic (exact) mass is 556 g/mol. The van der Waals surface area contributed by atoms with E-state index in [0.29, 0.717) is 29.5 Å². The number of hydrogen-bond donors (Lipinski definition) is 2. The molecule has 1 aliphatic heterocycles. The highest BCUT2D eigenvalue weighted by atomic mass is 32.2. The van der Waals surface area contributed by atoms with Gasteiger partial charge in [-0.05, 0) is 49.9 Å². The second-order valence-corrected chi connectivity index (χ2v) is 10.3. The molecule has 2 aromatic carbocycles. The average molecular weight is 557 g/mol. The molecule has 2 N–H and O–H groups in total. The molecule has 0 aromatic heterocycles. The third-order valence-electron chi connectivity index (χ3n) is 6.34. The Morgan fingerprint density at radius 3 is 2.38 bits per heavy atom. The number of carbonyl (C=O) groups is 5. The van der Waals surface area contributed by atoms with Gasteiger partial charge in [0.05, 0.1) is 37.1 Å². The van der Waals surface area contributed by atoms with E-state index in [9.17, 15) is 29.1 Å². The van der Waals surface area contributed by atoms with E-state index < -0.39 is 47.6 Å². The first-order chi connectivity index (χ1) is 18.7. The van der Waals surface area contributed by atoms with Crippen LogP contribution < -0.4 is 5.32 Å². The normalized spacial score (nSPS) is 17.3. The number of thioether (sulfide) groups is 1. The zero-order valence-corrected chi connectivity index (χ0v) is 22.9. The Morgan fingerprint density at radius 1 is 1.08 bits per heavy atom. The number of aromatic hydroxyl groups is 1. The van der Waals surface area contributed by atoms with Crippen molar-refractivity contribution in [2.75, 3.05) is 20.3 Å². The Balaban J connectivity index is 1.74. The average Bonchev–Trinajstić information content (AvgIpc) is 3.36. The third-order valence-corrected chi connectivity index (χ3v) is 7.34. The Labute approximate surface area is 231 Å². The number of esters is 2. The van der Waals surface area contributed by atoms with Gasteiger partial charge in [0.1, 0.15) is 11.8 Å². The number of carbonyl (C=O) groups excluding carboxylic acids is 5. The molecule has 2 aromatic rings. The lowest BCUT2D eigenvalue weighted by molar-refractivity contribution is -0.154. The van der Waals surface area contributed by atoms with Crippen molar-refractivity contribution >= 4 is 40.6 Å². The van der Waals surface area contributed by atoms with Crippen molar-refractivity contribution < 1.29 is 38.6 Å². The molecule has 0 radical (unpaired) electrons. The predicted octanol–water partition coefficient (Wildman–Crippen LogP) is 2.78. The number of phenols is 1. The van der Waals surface area contributed by atoms with Crippen molar-refractivity contribution in [2.24, 2.45) is 0 Å². The highest BCUT2D eigenvalue weighted by Crippen LogP contribution is 2.40. The lowest BCUT2D eigenvalue weighted by atomic mass is 10.0. The molecule has 3 atom stereocenters. The molecule has 1 aliphatic rings. The SMILES string of the molecule is CCOC(=O)[C@@H]1CC[C@H](c2ccccc2O)N1C(=O)CNC(=O)C(Cc1ccc(C(=O)OC)cc1)SC(C)=O. The van der Waals surface area contributed by atoms with Crippen molar-refractivity contribution in [3.63, 3.8) is 0 Å². The van der Waals surface area contributed by atoms with Crippen LogP contribution in [-0.4, -0.2) is 70.4 Å². The second-order valence-electron chi connectivity index (χ2n) is 8.93. The minimum atomic E-state index is -0.852. The molecule has 39 heavy (non-hydrogen) atoms. The molecule has 0 bridgehead atoms. The molecule has 208 valence electrons. The van der Waals surface area contributed by atoms with Gasteiger partial charge >= 0.3 is 11.9 Å². The number of methoxy groups -OCH3 is 1. The van der Waals surface area contributed by atoms with Gasteiger partial charge in [0.25, 0.3) is 0 Å². The molecule has 0 saturated carbocycles. The van der Waals surface area contributed by atoms with Gasteiger partial charge in [0, 0.05) is 12.5 Å². The maximum atomic E-state index is 13.4. The number of benzene rings is 2. The molecule has 1 fully saturated rings. The summed E-state index contributed by atoms with van der Waals surface area (Å²) in [6.45, 7) is 2.77. The zero-order valence-electron chi connectivity index (χ0n) is 22.0. The standard InChI is InChI=1S/C28H32N2O8S/c1-4-38-28(36)22-14-13-21(20-7-5-6-8-23(20)32)30(22)25(33)16-29-26(34)24(39-17(2)31)15-18-9-11-19(12-10-18)27(35)37-3/h5-12,21-22,24,32H,4,13-16H2,1-3H3,(H,29,34)/t21-,22+,24?/m1/s1. The molecular weight excluding hydrogens is 524 g/mol. The topological polar surface area (TPSA) is 139 Å². The van der Waals surface area contributed by atoms with Crippen molar-refractivity contribution in [3.05, 3.63) is 65.2 Å². The lowest BCUT2D eigenvalue weighted by Crippen LogP contribution is -2.48. The zero-order chi connectivity index (χ0) is 28.5. The van der Waals surface area contributed by atoms with Gasteiger partial charge in [-0.3, -0.25) is 14.4 Å². The van der Waals surface area contributed by atoms with Gasteiger partial charge in [0.2, 0.25) is 11.8 Å². The van der Waals surface area contributed by atoms with Crippen molar-refractivity contribution in [1.82, 2.24) is 10.2 Å². The predicted molar refractivity (Wildman–Crippen MR) is 144 cm³/mol. The summed E-state index contributed by atoms with van der Waals surface area (Å²) in [5, 5.41) is 11.9. The summed E-state index contributed by atoms with van der Waals surface area (Å²) in [6, 6.07) is 11.7. The van der Waals surface area contributed by atoms with Gasteiger partial charge in [-0.2, -0.15) is 0 Å². The largest absolute Gasteiger partial charge is 0.508 e. The van der Waals surface area contributed by atoms with Crippen LogP contribution in [0.4, 0.5) is 0 Å². The fourth-order valence-corrected chi connectivity index (χ4v) is 5.44. The smallest absolute Gasteiger partial charge is 0.337 e. The Kier molecular flexibility index (Phi) is 10.5. The molecule has 0 aliphatic carbocycles. The molecule has 11 heteroatoms. The summed E-state index contributed by atoms with van der Waals surface area (Å²) in [5.41, 5.74) is 1.57. The highest BCUT2D eigenvalue weighted by Gasteiger charge is 2.43. The van der Waals surface area contributed by atoms with Crippen molar-refractivity contribution in [2.45, 2.75) is 50.4 Å². The maximum Gasteiger partial charge on any atom is 0.337 e. The van der Waals surface area contributed by atoms with E-state index in [-0.39, 0.29) is 23.9 Å². The van der Waals surface area contributed by atoms with E-state index in [1.165, 1.54) is 25.0 Å². The summed E-state index contributed by atoms with van der Waals surface area (Å²) >= 11 is 0.838. The van der Waals surface area contributed by atoms with E-state index in [1.54, 1.807) is 49.4 Å². The minimum Gasteiger partial charge on any atom is -0.508 e. The summed E-state index contributed by atoms with van der Waals surface area (Å²) in [7, 11) is 1.28. The third kappa shape index (κ3) is 7.60. The van der Waals surface area contributed by atoms with Crippen molar-refractivity contribution in [3.8, 4) is 5.75 Å². The van der Waals surface area contributed by atoms with Crippen molar-refractivity contribution in [1.29, 1.82) is 0 Å². The molecule has 10 nitrogen and oxygen atoms in total. The van der Waals surface area contributed by atoms with Gasteiger partial charge < -0.3 is 24.8 Å². The van der Waals surface area contributed by atoms with E-state index in [4.69, 9.17) is 9.47 Å². The van der Waals surface area contributed by atoms with Crippen LogP contribution in [0.1, 0.15) is 54.2 Å². The van der Waals surface area contributed by atoms with E-state index in [2.05, 4.69) is 5.32 Å². The van der Waals surface area contributed by atoms with Gasteiger partial charge in [-0.25, -0.2) is 9.59 Å². The van der Waals surface area contributed by atoms with E-state index >= 15 is 0 Å². The molecule has 0 spiro atoms. The number of likely N-dealkylation sites (tertiary alicyclic amines) is 1. The molecule has 1 heterocycles. The van der Waals surface area contributed by atoms with E-state index in [1.807, 2.05) is 0 Å². The minimum absolute atomic E-state index is 0.00462. The van der Waals surface area contributed by atoms with Gasteiger partial charge in [-0.1, -0.05) is 42.1 Å². The Hall–Kier alpha value is -3.86. The van der Waals surface area contributed by atoms with Crippen LogP contribution in [0.25, 0.3) is 0 Å². The lowest BCUT2D eigenvalue weighted by Gasteiger charge is -2.30. The van der Waals surface area contributed by atoms with Gasteiger partial charge in [-0.15, -0.1) is 0 Å². The van der Waals surface area contributed by atoms with Crippen LogP contribution in [0.15, 0.2) is 48.5 Å². The summed E-state index contributed by atoms with van der Waals surface area (Å²) < 4.78 is 9.86. The number of ether oxygens (including phenoxy) is 2. The Morgan fingerprint density at radius 2 is 1.77 bits per heavy atom. The van der Waals surface area contributed by atoms with Crippen LogP contribution in [-0.2, 0) is 35.1 Å². The molecule has 1 saturated heterocycles. The summed E-state index contributed by atoms with van der Waals surface area (Å²) in [5.74, 6) is -2.06. The number of nitrogens with zero attached hydrogens (tertiary/aromatic N) is 1. The Bertz CT molecular complexity index is 1220. The van der Waals surface area contributed by atoms with E-state index in [0.717, 1.165) is 11.8 Å². The number of amides is 2. The molecule has 1 unspecified atom stereocenters. The fourth-order valence-electron chi connectivity index (χ4n) is 4.57. The first-order valence-electron chi connectivity index (χ1n) is 12.5. The first kappa shape index (κ1) is 29.7. The second kappa shape index (κ2) is 13.8. The van der Waals surface area contributed by atoms with Crippen LogP contribution in [0, 0.1) is 0 Å². The fraction of sp³-hybridized carbons (Fsp3) is 0.393. The summed E-state index contributed by atoms with van der Waals surface area (Å²) in [4.78, 5) is 64.0. The quantitative estimate of drug-likeness (QED) is 0.423. The number of hydrogen-bond acceptors (Lipinski definition) is 9. The highest BCUT2D eigenvalue weighted by molar-refractivity contribution is 8.14. The molecule has 3 rings (SSSR count). The summed E-state index contributed by atoms with van der Waals surface area (Å²) in [6.07, 6.45) is 0.967. The number of para-hydroxylation sites is 1.